The van der Waals surface area contributed by atoms with E-state index in [2.05, 4.69) is 0 Å². The van der Waals surface area contributed by atoms with Crippen LogP contribution >= 0.6 is 23.2 Å². The van der Waals surface area contributed by atoms with Crippen LogP contribution in [0.2, 0.25) is 10.0 Å². The van der Waals surface area contributed by atoms with Crippen molar-refractivity contribution in [2.24, 2.45) is 0 Å². The van der Waals surface area contributed by atoms with Gasteiger partial charge >= 0.3 is 0 Å². The van der Waals surface area contributed by atoms with Gasteiger partial charge < -0.3 is 14.4 Å². The Morgan fingerprint density at radius 3 is 2.63 bits per heavy atom. The smallest absolute Gasteiger partial charge is 0.223 e. The first-order valence-electron chi connectivity index (χ1n) is 10.2. The number of piperidine rings is 1. The van der Waals surface area contributed by atoms with E-state index in [4.69, 9.17) is 32.7 Å². The quantitative estimate of drug-likeness (QED) is 0.585. The van der Waals surface area contributed by atoms with Gasteiger partial charge in [0.05, 0.1) is 16.6 Å². The molecule has 2 saturated heterocycles. The first-order valence-corrected chi connectivity index (χ1v) is 11.0. The van der Waals surface area contributed by atoms with E-state index in [0.717, 1.165) is 30.4 Å². The number of amides is 1. The molecule has 160 valence electrons. The SMILES string of the molecule is O=C1CCC(OC2CCCCO2)(c2ccc(Cl)c(Cl)c2)CN1Cc1ccc(F)cc1. The van der Waals surface area contributed by atoms with Crippen LogP contribution in [0.25, 0.3) is 0 Å². The molecule has 2 aromatic carbocycles. The molecule has 0 aliphatic carbocycles. The summed E-state index contributed by atoms with van der Waals surface area (Å²) >= 11 is 12.4. The molecule has 2 unspecified atom stereocenters. The third-order valence-corrected chi connectivity index (χ3v) is 6.51. The number of likely N-dealkylation sites (tertiary alicyclic amines) is 1. The number of nitrogens with zero attached hydrogens (tertiary/aromatic N) is 1. The second-order valence-electron chi connectivity index (χ2n) is 7.91. The first-order chi connectivity index (χ1) is 14.4. The van der Waals surface area contributed by atoms with Gasteiger partial charge in [-0.3, -0.25) is 4.79 Å². The molecule has 2 aliphatic heterocycles. The highest BCUT2D eigenvalue weighted by Gasteiger charge is 2.43. The molecular formula is C23H24Cl2FNO3. The third-order valence-electron chi connectivity index (χ3n) is 5.77. The van der Waals surface area contributed by atoms with Crippen molar-refractivity contribution in [2.75, 3.05) is 13.2 Å². The summed E-state index contributed by atoms with van der Waals surface area (Å²) in [6.07, 6.45) is 3.43. The summed E-state index contributed by atoms with van der Waals surface area (Å²) in [5.41, 5.74) is 0.996. The maximum absolute atomic E-state index is 13.3. The summed E-state index contributed by atoms with van der Waals surface area (Å²) in [7, 11) is 0. The Morgan fingerprint density at radius 1 is 1.13 bits per heavy atom. The first kappa shape index (κ1) is 21.6. The lowest BCUT2D eigenvalue weighted by Crippen LogP contribution is -2.51. The van der Waals surface area contributed by atoms with Crippen LogP contribution in [0, 0.1) is 5.82 Å². The van der Waals surface area contributed by atoms with E-state index in [-0.39, 0.29) is 18.0 Å². The summed E-state index contributed by atoms with van der Waals surface area (Å²) in [6, 6.07) is 11.7. The molecule has 2 fully saturated rings. The Kier molecular flexibility index (Phi) is 6.63. The zero-order chi connectivity index (χ0) is 21.1. The van der Waals surface area contributed by atoms with Crippen LogP contribution in [0.4, 0.5) is 4.39 Å². The lowest BCUT2D eigenvalue weighted by atomic mass is 9.84. The molecular weight excluding hydrogens is 428 g/mol. The van der Waals surface area contributed by atoms with Crippen molar-refractivity contribution in [2.45, 2.75) is 50.5 Å². The van der Waals surface area contributed by atoms with Gasteiger partial charge in [-0.1, -0.05) is 41.4 Å². The summed E-state index contributed by atoms with van der Waals surface area (Å²) in [6.45, 7) is 1.42. The minimum absolute atomic E-state index is 0.0446. The second kappa shape index (κ2) is 9.23. The molecule has 2 atom stereocenters. The van der Waals surface area contributed by atoms with E-state index >= 15 is 0 Å². The summed E-state index contributed by atoms with van der Waals surface area (Å²) in [4.78, 5) is 14.5. The Balaban J connectivity index is 1.64. The van der Waals surface area contributed by atoms with E-state index < -0.39 is 5.60 Å². The lowest BCUT2D eigenvalue weighted by Gasteiger charge is -2.45. The van der Waals surface area contributed by atoms with Crippen LogP contribution in [0.15, 0.2) is 42.5 Å². The van der Waals surface area contributed by atoms with Gasteiger partial charge in [0.25, 0.3) is 0 Å². The molecule has 2 aliphatic rings. The molecule has 1 amide bonds. The number of halogens is 3. The lowest BCUT2D eigenvalue weighted by molar-refractivity contribution is -0.242. The number of hydrogen-bond acceptors (Lipinski definition) is 3. The molecule has 4 nitrogen and oxygen atoms in total. The zero-order valence-corrected chi connectivity index (χ0v) is 18.1. The van der Waals surface area contributed by atoms with Crippen LogP contribution in [0.1, 0.15) is 43.2 Å². The van der Waals surface area contributed by atoms with Crippen molar-refractivity contribution >= 4 is 29.1 Å². The largest absolute Gasteiger partial charge is 0.353 e. The topological polar surface area (TPSA) is 38.8 Å². The van der Waals surface area contributed by atoms with Gasteiger partial charge in [-0.25, -0.2) is 4.39 Å². The standard InChI is InChI=1S/C23H24Cl2FNO3/c24-19-9-6-17(13-20(19)25)23(30-22-3-1-2-12-29-22)11-10-21(28)27(15-23)14-16-4-7-18(26)8-5-16/h4-9,13,22H,1-3,10-12,14-15H2. The number of benzene rings is 2. The zero-order valence-electron chi connectivity index (χ0n) is 16.6. The Morgan fingerprint density at radius 2 is 1.93 bits per heavy atom. The van der Waals surface area contributed by atoms with Crippen molar-refractivity contribution in [3.8, 4) is 0 Å². The average molecular weight is 452 g/mol. The predicted octanol–water partition coefficient (Wildman–Crippen LogP) is 5.69. The van der Waals surface area contributed by atoms with E-state index in [1.807, 2.05) is 12.1 Å². The van der Waals surface area contributed by atoms with Crippen LogP contribution in [0.3, 0.4) is 0 Å². The molecule has 0 spiro atoms. The van der Waals surface area contributed by atoms with E-state index in [0.29, 0.717) is 42.6 Å². The number of hydrogen-bond donors (Lipinski definition) is 0. The van der Waals surface area contributed by atoms with Crippen LogP contribution in [-0.4, -0.2) is 30.2 Å². The van der Waals surface area contributed by atoms with Crippen LogP contribution < -0.4 is 0 Å². The molecule has 0 saturated carbocycles. The molecule has 0 aromatic heterocycles. The molecule has 4 rings (SSSR count). The third kappa shape index (κ3) is 4.80. The number of carbonyl (C=O) groups is 1. The normalized spacial score (nSPS) is 24.8. The van der Waals surface area contributed by atoms with Gasteiger partial charge in [-0.05, 0) is 61.1 Å². The molecule has 30 heavy (non-hydrogen) atoms. The van der Waals surface area contributed by atoms with Crippen molar-refractivity contribution in [1.82, 2.24) is 4.90 Å². The predicted molar refractivity (Wildman–Crippen MR) is 114 cm³/mol. The van der Waals surface area contributed by atoms with Crippen LogP contribution in [-0.2, 0) is 26.4 Å². The summed E-state index contributed by atoms with van der Waals surface area (Å²) in [5.74, 6) is -0.255. The van der Waals surface area contributed by atoms with Gasteiger partial charge in [-0.15, -0.1) is 0 Å². The van der Waals surface area contributed by atoms with E-state index in [9.17, 15) is 9.18 Å². The fraction of sp³-hybridized carbons (Fsp3) is 0.435. The summed E-state index contributed by atoms with van der Waals surface area (Å²) in [5, 5.41) is 0.920. The van der Waals surface area contributed by atoms with Crippen molar-refractivity contribution in [1.29, 1.82) is 0 Å². The fourth-order valence-corrected chi connectivity index (χ4v) is 4.43. The Labute approximate surface area is 185 Å². The highest BCUT2D eigenvalue weighted by Crippen LogP contribution is 2.40. The molecule has 0 bridgehead atoms. The Bertz CT molecular complexity index is 902. The Hall–Kier alpha value is -1.66. The monoisotopic (exact) mass is 451 g/mol. The molecule has 2 aromatic rings. The van der Waals surface area contributed by atoms with Crippen molar-refractivity contribution < 1.29 is 18.7 Å². The molecule has 2 heterocycles. The number of rotatable bonds is 5. The average Bonchev–Trinajstić information content (AvgIpc) is 2.75. The van der Waals surface area contributed by atoms with E-state index in [1.54, 1.807) is 23.1 Å². The number of carbonyl (C=O) groups excluding carboxylic acids is 1. The summed E-state index contributed by atoms with van der Waals surface area (Å²) < 4.78 is 25.7. The maximum atomic E-state index is 13.3. The molecule has 7 heteroatoms. The molecule has 0 radical (unpaired) electrons. The highest BCUT2D eigenvalue weighted by molar-refractivity contribution is 6.42. The van der Waals surface area contributed by atoms with Crippen molar-refractivity contribution in [3.05, 3.63) is 69.5 Å². The van der Waals surface area contributed by atoms with Gasteiger partial charge in [0, 0.05) is 19.6 Å². The van der Waals surface area contributed by atoms with E-state index in [1.165, 1.54) is 12.1 Å². The number of ether oxygens (including phenoxy) is 2. The van der Waals surface area contributed by atoms with Gasteiger partial charge in [0.15, 0.2) is 6.29 Å². The maximum Gasteiger partial charge on any atom is 0.223 e. The molecule has 0 N–H and O–H groups in total. The minimum Gasteiger partial charge on any atom is -0.353 e. The van der Waals surface area contributed by atoms with Gasteiger partial charge in [-0.2, -0.15) is 0 Å². The fourth-order valence-electron chi connectivity index (χ4n) is 4.13. The van der Waals surface area contributed by atoms with Crippen molar-refractivity contribution in [3.63, 3.8) is 0 Å². The van der Waals surface area contributed by atoms with Gasteiger partial charge in [0.2, 0.25) is 5.91 Å². The van der Waals surface area contributed by atoms with Crippen LogP contribution in [0.5, 0.6) is 0 Å². The second-order valence-corrected chi connectivity index (χ2v) is 8.73. The van der Waals surface area contributed by atoms with Gasteiger partial charge in [0.1, 0.15) is 11.4 Å². The minimum atomic E-state index is -0.746. The highest BCUT2D eigenvalue weighted by atomic mass is 35.5.